The molecule has 0 bridgehead atoms. The van der Waals surface area contributed by atoms with Crippen LogP contribution in [0.3, 0.4) is 0 Å². The summed E-state index contributed by atoms with van der Waals surface area (Å²) in [6.07, 6.45) is 12.1. The molecule has 0 nitrogen and oxygen atoms in total. The summed E-state index contributed by atoms with van der Waals surface area (Å²) in [5.74, 6) is 3.71. The van der Waals surface area contributed by atoms with Gasteiger partial charge in [-0.25, -0.2) is 0 Å². The van der Waals surface area contributed by atoms with Gasteiger partial charge in [0.2, 0.25) is 0 Å². The molecule has 3 aliphatic carbocycles. The maximum absolute atomic E-state index is 2.49. The summed E-state index contributed by atoms with van der Waals surface area (Å²) >= 11 is 0. The summed E-state index contributed by atoms with van der Waals surface area (Å²) < 4.78 is 0. The van der Waals surface area contributed by atoms with Crippen LogP contribution in [0.2, 0.25) is 0 Å². The Labute approximate surface area is 93.5 Å². The van der Waals surface area contributed by atoms with Crippen LogP contribution in [-0.4, -0.2) is 0 Å². The van der Waals surface area contributed by atoms with Crippen LogP contribution in [0, 0.1) is 23.7 Å². The number of hydrogen-bond acceptors (Lipinski definition) is 0. The molecule has 0 aromatic heterocycles. The van der Waals surface area contributed by atoms with Gasteiger partial charge in [0.1, 0.15) is 0 Å². The summed E-state index contributed by atoms with van der Waals surface area (Å²) in [7, 11) is 0. The largest absolute Gasteiger partial charge is 0.0665 e. The number of rotatable bonds is 1. The van der Waals surface area contributed by atoms with E-state index in [1.165, 1.54) is 32.1 Å². The predicted molar refractivity (Wildman–Crippen MR) is 64.6 cm³/mol. The topological polar surface area (TPSA) is 0 Å². The van der Waals surface area contributed by atoms with Crippen molar-refractivity contribution in [1.29, 1.82) is 0 Å². The smallest absolute Gasteiger partial charge is 0.0129 e. The van der Waals surface area contributed by atoms with Crippen molar-refractivity contribution in [3.05, 3.63) is 23.3 Å². The third kappa shape index (κ3) is 1.33. The highest BCUT2D eigenvalue weighted by atomic mass is 14.5. The molecule has 0 amide bonds. The molecule has 0 heteroatoms. The molecule has 0 heterocycles. The van der Waals surface area contributed by atoms with Crippen LogP contribution in [0.1, 0.15) is 46.0 Å². The standard InChI is InChI=1S/C15H22/c1-3-12-10(2)9-15-13-6-4-5-11(13)7-8-14(12)15/h7-8,10,12-13,15H,3-6,9H2,1-2H3/t10-,12-,13+,15-/m1/s1. The van der Waals surface area contributed by atoms with Crippen LogP contribution in [0.15, 0.2) is 23.3 Å². The van der Waals surface area contributed by atoms with Crippen molar-refractivity contribution in [1.82, 2.24) is 0 Å². The number of hydrogen-bond donors (Lipinski definition) is 0. The van der Waals surface area contributed by atoms with Crippen molar-refractivity contribution < 1.29 is 0 Å². The van der Waals surface area contributed by atoms with Crippen molar-refractivity contribution in [2.75, 3.05) is 0 Å². The molecule has 0 unspecified atom stereocenters. The molecule has 0 N–H and O–H groups in total. The summed E-state index contributed by atoms with van der Waals surface area (Å²) in [4.78, 5) is 0. The van der Waals surface area contributed by atoms with E-state index in [0.717, 1.165) is 23.7 Å². The van der Waals surface area contributed by atoms with E-state index in [1.54, 1.807) is 11.1 Å². The molecular formula is C15H22. The van der Waals surface area contributed by atoms with Gasteiger partial charge in [0.05, 0.1) is 0 Å². The SMILES string of the molecule is CC[C@H]1C2=CC=C3CCC[C@@H]3[C@H]2C[C@H]1C. The Kier molecular flexibility index (Phi) is 2.26. The van der Waals surface area contributed by atoms with Crippen molar-refractivity contribution >= 4 is 0 Å². The second-order valence-corrected chi connectivity index (χ2v) is 5.74. The Morgan fingerprint density at radius 1 is 1.27 bits per heavy atom. The van der Waals surface area contributed by atoms with Gasteiger partial charge in [-0.05, 0) is 55.8 Å². The summed E-state index contributed by atoms with van der Waals surface area (Å²) in [6.45, 7) is 4.82. The van der Waals surface area contributed by atoms with Crippen LogP contribution in [0.4, 0.5) is 0 Å². The molecule has 15 heavy (non-hydrogen) atoms. The molecule has 2 fully saturated rings. The molecule has 0 spiro atoms. The Hall–Kier alpha value is -0.520. The number of allylic oxidation sites excluding steroid dienone is 4. The lowest BCUT2D eigenvalue weighted by Gasteiger charge is -2.26. The van der Waals surface area contributed by atoms with E-state index in [9.17, 15) is 0 Å². The summed E-state index contributed by atoms with van der Waals surface area (Å²) in [5, 5.41) is 0. The van der Waals surface area contributed by atoms with Crippen molar-refractivity contribution in [3.8, 4) is 0 Å². The van der Waals surface area contributed by atoms with Gasteiger partial charge in [-0.1, -0.05) is 37.1 Å². The lowest BCUT2D eigenvalue weighted by Crippen LogP contribution is -2.16. The molecule has 3 rings (SSSR count). The lowest BCUT2D eigenvalue weighted by molar-refractivity contribution is 0.403. The van der Waals surface area contributed by atoms with E-state index < -0.39 is 0 Å². The summed E-state index contributed by atoms with van der Waals surface area (Å²) in [5.41, 5.74) is 3.58. The third-order valence-electron chi connectivity index (χ3n) is 5.04. The average Bonchev–Trinajstić information content (AvgIpc) is 2.79. The van der Waals surface area contributed by atoms with Crippen LogP contribution >= 0.6 is 0 Å². The fraction of sp³-hybridized carbons (Fsp3) is 0.733. The van der Waals surface area contributed by atoms with E-state index in [4.69, 9.17) is 0 Å². The van der Waals surface area contributed by atoms with E-state index in [-0.39, 0.29) is 0 Å². The predicted octanol–water partition coefficient (Wildman–Crippen LogP) is 4.34. The van der Waals surface area contributed by atoms with Crippen LogP contribution in [-0.2, 0) is 0 Å². The maximum atomic E-state index is 2.49. The first-order chi connectivity index (χ1) is 7.31. The van der Waals surface area contributed by atoms with Gasteiger partial charge in [0.15, 0.2) is 0 Å². The monoisotopic (exact) mass is 202 g/mol. The first kappa shape index (κ1) is 9.69. The maximum Gasteiger partial charge on any atom is -0.0129 e. The van der Waals surface area contributed by atoms with Crippen LogP contribution in [0.5, 0.6) is 0 Å². The molecular weight excluding hydrogens is 180 g/mol. The highest BCUT2D eigenvalue weighted by Crippen LogP contribution is 2.53. The zero-order valence-electron chi connectivity index (χ0n) is 10.00. The zero-order valence-corrected chi connectivity index (χ0v) is 10.00. The van der Waals surface area contributed by atoms with Crippen LogP contribution < -0.4 is 0 Å². The van der Waals surface area contributed by atoms with E-state index >= 15 is 0 Å². The molecule has 4 atom stereocenters. The zero-order chi connectivity index (χ0) is 10.4. The minimum atomic E-state index is 0.897. The molecule has 82 valence electrons. The van der Waals surface area contributed by atoms with Crippen molar-refractivity contribution in [2.24, 2.45) is 23.7 Å². The third-order valence-corrected chi connectivity index (χ3v) is 5.04. The average molecular weight is 202 g/mol. The van der Waals surface area contributed by atoms with Crippen molar-refractivity contribution in [2.45, 2.75) is 46.0 Å². The Bertz CT molecular complexity index is 321. The van der Waals surface area contributed by atoms with E-state index in [0.29, 0.717) is 0 Å². The lowest BCUT2D eigenvalue weighted by atomic mass is 9.78. The fourth-order valence-electron chi connectivity index (χ4n) is 4.35. The summed E-state index contributed by atoms with van der Waals surface area (Å²) in [6, 6.07) is 0. The first-order valence-electron chi connectivity index (χ1n) is 6.71. The van der Waals surface area contributed by atoms with Gasteiger partial charge in [0, 0.05) is 0 Å². The second-order valence-electron chi connectivity index (χ2n) is 5.74. The minimum Gasteiger partial charge on any atom is -0.0665 e. The van der Waals surface area contributed by atoms with E-state index in [1.807, 2.05) is 0 Å². The molecule has 0 aromatic rings. The Morgan fingerprint density at radius 2 is 2.13 bits per heavy atom. The fourth-order valence-corrected chi connectivity index (χ4v) is 4.35. The Balaban J connectivity index is 1.94. The van der Waals surface area contributed by atoms with Gasteiger partial charge in [-0.2, -0.15) is 0 Å². The van der Waals surface area contributed by atoms with Gasteiger partial charge in [-0.15, -0.1) is 0 Å². The highest BCUT2D eigenvalue weighted by Gasteiger charge is 2.42. The van der Waals surface area contributed by atoms with Gasteiger partial charge < -0.3 is 0 Å². The van der Waals surface area contributed by atoms with Crippen molar-refractivity contribution in [3.63, 3.8) is 0 Å². The highest BCUT2D eigenvalue weighted by molar-refractivity contribution is 5.35. The quantitative estimate of drug-likeness (QED) is 0.593. The molecule has 0 aromatic carbocycles. The van der Waals surface area contributed by atoms with Gasteiger partial charge >= 0.3 is 0 Å². The molecule has 0 aliphatic heterocycles. The first-order valence-corrected chi connectivity index (χ1v) is 6.71. The molecule has 0 radical (unpaired) electrons. The number of fused-ring (bicyclic) bond motifs is 3. The second kappa shape index (κ2) is 3.50. The van der Waals surface area contributed by atoms with Gasteiger partial charge in [0.25, 0.3) is 0 Å². The minimum absolute atomic E-state index is 0.897. The van der Waals surface area contributed by atoms with Crippen LogP contribution in [0.25, 0.3) is 0 Å². The molecule has 2 saturated carbocycles. The normalized spacial score (nSPS) is 43.3. The van der Waals surface area contributed by atoms with E-state index in [2.05, 4.69) is 26.0 Å². The molecule has 0 saturated heterocycles. The van der Waals surface area contributed by atoms with Gasteiger partial charge in [-0.3, -0.25) is 0 Å². The molecule has 3 aliphatic rings. The Morgan fingerprint density at radius 3 is 2.93 bits per heavy atom.